The zero-order valence-electron chi connectivity index (χ0n) is 18.6. The number of fused-ring (bicyclic) bond motifs is 1. The van der Waals surface area contributed by atoms with E-state index in [0.717, 1.165) is 25.6 Å². The molecule has 1 amide bonds. The number of sulfonamides is 1. The number of hydrogen-bond donors (Lipinski definition) is 0. The van der Waals surface area contributed by atoms with E-state index in [9.17, 15) is 17.6 Å². The molecule has 1 aliphatic heterocycles. The van der Waals surface area contributed by atoms with Crippen molar-refractivity contribution in [3.05, 3.63) is 92.7 Å². The molecule has 5 nitrogen and oxygen atoms in total. The summed E-state index contributed by atoms with van der Waals surface area (Å²) in [4.78, 5) is 15.1. The van der Waals surface area contributed by atoms with E-state index in [4.69, 9.17) is 11.6 Å². The summed E-state index contributed by atoms with van der Waals surface area (Å²) >= 11 is 9.65. The lowest BCUT2D eigenvalue weighted by molar-refractivity contribution is -0.119. The van der Waals surface area contributed by atoms with Crippen LogP contribution in [0.1, 0.15) is 23.6 Å². The molecule has 0 N–H and O–H groups in total. The Bertz CT molecular complexity index is 1330. The van der Waals surface area contributed by atoms with E-state index in [0.29, 0.717) is 6.42 Å². The summed E-state index contributed by atoms with van der Waals surface area (Å²) in [5.41, 5.74) is 2.66. The van der Waals surface area contributed by atoms with E-state index in [2.05, 4.69) is 15.9 Å². The second-order valence-corrected chi connectivity index (χ2v) is 11.6. The molecule has 0 radical (unpaired) electrons. The van der Waals surface area contributed by atoms with Gasteiger partial charge in [0.05, 0.1) is 11.4 Å². The summed E-state index contributed by atoms with van der Waals surface area (Å²) in [6.07, 6.45) is 0.657. The van der Waals surface area contributed by atoms with Gasteiger partial charge in [0.1, 0.15) is 5.82 Å². The standard InChI is InChI=1S/C25H23BrClFN2O3S/c1-16-6-9-20(10-7-16)34(32,33)29(14-21-22(27)4-3-5-23(21)28)15-25(31)30-17(2)12-18-13-19(26)8-11-24(18)30/h3-11,13,17H,12,14-15H2,1-2H3/t17-/m1/s1. The topological polar surface area (TPSA) is 57.7 Å². The zero-order chi connectivity index (χ0) is 24.6. The molecule has 0 aromatic heterocycles. The lowest BCUT2D eigenvalue weighted by Gasteiger charge is -2.28. The molecule has 1 heterocycles. The maximum absolute atomic E-state index is 14.6. The van der Waals surface area contributed by atoms with Crippen molar-refractivity contribution in [2.45, 2.75) is 37.8 Å². The first-order chi connectivity index (χ1) is 16.1. The van der Waals surface area contributed by atoms with Crippen molar-refractivity contribution < 1.29 is 17.6 Å². The smallest absolute Gasteiger partial charge is 0.243 e. The highest BCUT2D eigenvalue weighted by Crippen LogP contribution is 2.35. The van der Waals surface area contributed by atoms with Gasteiger partial charge in [-0.25, -0.2) is 12.8 Å². The van der Waals surface area contributed by atoms with Gasteiger partial charge in [-0.15, -0.1) is 0 Å². The Morgan fingerprint density at radius 1 is 1.18 bits per heavy atom. The van der Waals surface area contributed by atoms with Crippen LogP contribution in [0.15, 0.2) is 70.0 Å². The second kappa shape index (κ2) is 9.77. The summed E-state index contributed by atoms with van der Waals surface area (Å²) in [6, 6.07) is 16.0. The van der Waals surface area contributed by atoms with Crippen molar-refractivity contribution >= 4 is 49.1 Å². The normalized spacial score (nSPS) is 15.6. The lowest BCUT2D eigenvalue weighted by atomic mass is 10.1. The Morgan fingerprint density at radius 3 is 2.56 bits per heavy atom. The van der Waals surface area contributed by atoms with Gasteiger partial charge >= 0.3 is 0 Å². The monoisotopic (exact) mass is 564 g/mol. The van der Waals surface area contributed by atoms with Crippen LogP contribution in [0, 0.1) is 12.7 Å². The van der Waals surface area contributed by atoms with Crippen molar-refractivity contribution in [1.82, 2.24) is 4.31 Å². The number of nitrogens with zero attached hydrogens (tertiary/aromatic N) is 2. The van der Waals surface area contributed by atoms with Crippen LogP contribution < -0.4 is 4.90 Å². The van der Waals surface area contributed by atoms with Crippen LogP contribution in [0.25, 0.3) is 0 Å². The van der Waals surface area contributed by atoms with Crippen molar-refractivity contribution in [3.8, 4) is 0 Å². The Morgan fingerprint density at radius 2 is 1.88 bits per heavy atom. The van der Waals surface area contributed by atoms with E-state index >= 15 is 0 Å². The molecule has 1 atom stereocenters. The number of aryl methyl sites for hydroxylation is 1. The van der Waals surface area contributed by atoms with Crippen LogP contribution in [-0.2, 0) is 27.8 Å². The number of benzene rings is 3. The second-order valence-electron chi connectivity index (χ2n) is 8.38. The highest BCUT2D eigenvalue weighted by atomic mass is 79.9. The van der Waals surface area contributed by atoms with Gasteiger partial charge in [-0.2, -0.15) is 4.31 Å². The maximum Gasteiger partial charge on any atom is 0.243 e. The van der Waals surface area contributed by atoms with E-state index in [1.54, 1.807) is 17.0 Å². The van der Waals surface area contributed by atoms with E-state index in [1.807, 2.05) is 32.0 Å². The van der Waals surface area contributed by atoms with Crippen LogP contribution >= 0.6 is 27.5 Å². The van der Waals surface area contributed by atoms with E-state index in [-0.39, 0.29) is 28.1 Å². The van der Waals surface area contributed by atoms with E-state index < -0.39 is 28.3 Å². The third-order valence-corrected chi connectivity index (χ3v) is 8.55. The molecule has 4 rings (SSSR count). The minimum atomic E-state index is -4.12. The average molecular weight is 566 g/mol. The number of hydrogen-bond acceptors (Lipinski definition) is 3. The SMILES string of the molecule is Cc1ccc(S(=O)(=O)N(CC(=O)N2c3ccc(Br)cc3C[C@H]2C)Cc2c(F)cccc2Cl)cc1. The third-order valence-electron chi connectivity index (χ3n) is 5.89. The highest BCUT2D eigenvalue weighted by molar-refractivity contribution is 9.10. The Balaban J connectivity index is 1.71. The van der Waals surface area contributed by atoms with Gasteiger partial charge in [-0.05, 0) is 68.3 Å². The van der Waals surface area contributed by atoms with Gasteiger partial charge in [-0.3, -0.25) is 4.79 Å². The quantitative estimate of drug-likeness (QED) is 0.384. The lowest BCUT2D eigenvalue weighted by Crippen LogP contribution is -2.45. The fourth-order valence-electron chi connectivity index (χ4n) is 4.15. The molecule has 9 heteroatoms. The van der Waals surface area contributed by atoms with Crippen LogP contribution in [-0.4, -0.2) is 31.2 Å². The average Bonchev–Trinajstić information content (AvgIpc) is 3.10. The molecule has 0 fully saturated rings. The summed E-state index contributed by atoms with van der Waals surface area (Å²) in [5.74, 6) is -1.02. The molecule has 1 aliphatic rings. The van der Waals surface area contributed by atoms with Crippen molar-refractivity contribution in [2.24, 2.45) is 0 Å². The first-order valence-electron chi connectivity index (χ1n) is 10.7. The summed E-state index contributed by atoms with van der Waals surface area (Å²) in [7, 11) is -4.12. The molecule has 3 aromatic rings. The van der Waals surface area contributed by atoms with Crippen LogP contribution in [0.4, 0.5) is 10.1 Å². The fraction of sp³-hybridized carbons (Fsp3) is 0.240. The molecule has 0 aliphatic carbocycles. The van der Waals surface area contributed by atoms with Gasteiger partial charge in [0, 0.05) is 33.3 Å². The first-order valence-corrected chi connectivity index (χ1v) is 13.3. The van der Waals surface area contributed by atoms with Crippen molar-refractivity contribution in [3.63, 3.8) is 0 Å². The summed E-state index contributed by atoms with van der Waals surface area (Å²) < 4.78 is 43.6. The number of halogens is 3. The number of carbonyl (C=O) groups excluding carboxylic acids is 1. The molecule has 0 bridgehead atoms. The van der Waals surface area contributed by atoms with Gasteiger partial charge in [0.25, 0.3) is 0 Å². The van der Waals surface area contributed by atoms with Crippen molar-refractivity contribution in [1.29, 1.82) is 0 Å². The molecular weight excluding hydrogens is 543 g/mol. The molecule has 0 saturated carbocycles. The number of anilines is 1. The molecule has 0 saturated heterocycles. The molecule has 0 spiro atoms. The largest absolute Gasteiger partial charge is 0.308 e. The predicted octanol–water partition coefficient (Wildman–Crippen LogP) is 5.72. The minimum absolute atomic E-state index is 0.0199. The Labute approximate surface area is 212 Å². The summed E-state index contributed by atoms with van der Waals surface area (Å²) in [5, 5.41) is 0.0984. The van der Waals surface area contributed by atoms with Gasteiger partial charge < -0.3 is 4.90 Å². The summed E-state index contributed by atoms with van der Waals surface area (Å²) in [6.45, 7) is 2.93. The Hall–Kier alpha value is -2.26. The van der Waals surface area contributed by atoms with Gasteiger partial charge in [0.2, 0.25) is 15.9 Å². The van der Waals surface area contributed by atoms with Crippen LogP contribution in [0.5, 0.6) is 0 Å². The van der Waals surface area contributed by atoms with Crippen LogP contribution in [0.2, 0.25) is 5.02 Å². The molecule has 3 aromatic carbocycles. The molecule has 0 unspecified atom stereocenters. The molecule has 34 heavy (non-hydrogen) atoms. The van der Waals surface area contributed by atoms with Gasteiger partial charge in [-0.1, -0.05) is 51.3 Å². The number of rotatable bonds is 6. The molecule has 178 valence electrons. The Kier molecular flexibility index (Phi) is 7.14. The van der Waals surface area contributed by atoms with Crippen molar-refractivity contribution in [2.75, 3.05) is 11.4 Å². The predicted molar refractivity (Wildman–Crippen MR) is 135 cm³/mol. The number of amides is 1. The maximum atomic E-state index is 14.6. The molecular formula is C25H23BrClFN2O3S. The van der Waals surface area contributed by atoms with Crippen LogP contribution in [0.3, 0.4) is 0 Å². The van der Waals surface area contributed by atoms with Gasteiger partial charge in [0.15, 0.2) is 0 Å². The fourth-order valence-corrected chi connectivity index (χ4v) is 6.14. The number of carbonyl (C=O) groups is 1. The highest BCUT2D eigenvalue weighted by Gasteiger charge is 2.35. The van der Waals surface area contributed by atoms with E-state index in [1.165, 1.54) is 30.3 Å². The third kappa shape index (κ3) is 4.91. The zero-order valence-corrected chi connectivity index (χ0v) is 21.8. The first kappa shape index (κ1) is 24.9. The minimum Gasteiger partial charge on any atom is -0.308 e.